The molecule has 3 heteroatoms. The number of benzene rings is 1. The summed E-state index contributed by atoms with van der Waals surface area (Å²) < 4.78 is 13.3. The maximum Gasteiger partial charge on any atom is 0.146 e. The summed E-state index contributed by atoms with van der Waals surface area (Å²) in [6.45, 7) is 3.69. The number of aryl methyl sites for hydroxylation is 1. The first kappa shape index (κ1) is 10.5. The summed E-state index contributed by atoms with van der Waals surface area (Å²) in [5.41, 5.74) is 1.35. The third-order valence-electron chi connectivity index (χ3n) is 2.01. The first-order chi connectivity index (χ1) is 6.65. The molecule has 0 aliphatic rings. The molecule has 0 fully saturated rings. The number of rotatable bonds is 3. The van der Waals surface area contributed by atoms with Crippen LogP contribution in [0.1, 0.15) is 18.9 Å². The van der Waals surface area contributed by atoms with Crippen LogP contribution in [0.5, 0.6) is 0 Å². The van der Waals surface area contributed by atoms with Crippen molar-refractivity contribution < 1.29 is 4.39 Å². The highest BCUT2D eigenvalue weighted by Crippen LogP contribution is 2.19. The van der Waals surface area contributed by atoms with Crippen LogP contribution >= 0.6 is 0 Å². The van der Waals surface area contributed by atoms with Crippen LogP contribution in [0.25, 0.3) is 0 Å². The fraction of sp³-hybridized carbons (Fsp3) is 0.364. The van der Waals surface area contributed by atoms with Crippen molar-refractivity contribution in [1.29, 1.82) is 5.26 Å². The molecule has 0 aliphatic heterocycles. The van der Waals surface area contributed by atoms with Gasteiger partial charge in [0.15, 0.2) is 0 Å². The van der Waals surface area contributed by atoms with Crippen molar-refractivity contribution in [2.75, 3.05) is 5.32 Å². The molecule has 1 unspecified atom stereocenters. The van der Waals surface area contributed by atoms with Crippen molar-refractivity contribution in [3.8, 4) is 6.07 Å². The molecule has 0 aromatic heterocycles. The molecule has 0 spiro atoms. The van der Waals surface area contributed by atoms with E-state index in [1.54, 1.807) is 6.07 Å². The highest BCUT2D eigenvalue weighted by atomic mass is 19.1. The maximum atomic E-state index is 13.3. The van der Waals surface area contributed by atoms with Crippen molar-refractivity contribution >= 4 is 5.69 Å². The molecule has 0 heterocycles. The molecule has 1 aromatic carbocycles. The van der Waals surface area contributed by atoms with Gasteiger partial charge in [0, 0.05) is 6.04 Å². The van der Waals surface area contributed by atoms with Crippen LogP contribution in [0.15, 0.2) is 18.2 Å². The van der Waals surface area contributed by atoms with E-state index in [4.69, 9.17) is 5.26 Å². The van der Waals surface area contributed by atoms with Crippen LogP contribution in [-0.2, 0) is 0 Å². The van der Waals surface area contributed by atoms with Crippen molar-refractivity contribution in [2.45, 2.75) is 26.3 Å². The number of para-hydroxylation sites is 1. The van der Waals surface area contributed by atoms with Crippen LogP contribution in [-0.4, -0.2) is 6.04 Å². The number of nitriles is 1. The van der Waals surface area contributed by atoms with Crippen molar-refractivity contribution in [1.82, 2.24) is 0 Å². The minimum Gasteiger partial charge on any atom is -0.379 e. The Kier molecular flexibility index (Phi) is 3.47. The molecule has 1 aromatic rings. The molecule has 2 nitrogen and oxygen atoms in total. The number of halogens is 1. The van der Waals surface area contributed by atoms with Crippen LogP contribution in [0.2, 0.25) is 0 Å². The molecule has 74 valence electrons. The highest BCUT2D eigenvalue weighted by Gasteiger charge is 2.07. The molecule has 1 rings (SSSR count). The van der Waals surface area contributed by atoms with Crippen molar-refractivity contribution in [3.05, 3.63) is 29.6 Å². The zero-order valence-electron chi connectivity index (χ0n) is 8.34. The molecule has 1 atom stereocenters. The van der Waals surface area contributed by atoms with Gasteiger partial charge in [-0.1, -0.05) is 12.1 Å². The third-order valence-corrected chi connectivity index (χ3v) is 2.01. The zero-order valence-corrected chi connectivity index (χ0v) is 8.34. The molecule has 0 radical (unpaired) electrons. The van der Waals surface area contributed by atoms with E-state index in [9.17, 15) is 4.39 Å². The van der Waals surface area contributed by atoms with E-state index < -0.39 is 0 Å². The van der Waals surface area contributed by atoms with Gasteiger partial charge in [-0.3, -0.25) is 0 Å². The van der Waals surface area contributed by atoms with Gasteiger partial charge >= 0.3 is 0 Å². The molecular formula is C11H13FN2. The summed E-state index contributed by atoms with van der Waals surface area (Å²) in [7, 11) is 0. The second-order valence-electron chi connectivity index (χ2n) is 3.34. The Hall–Kier alpha value is -1.56. The quantitative estimate of drug-likeness (QED) is 0.799. The topological polar surface area (TPSA) is 35.8 Å². The largest absolute Gasteiger partial charge is 0.379 e. The Morgan fingerprint density at radius 3 is 2.86 bits per heavy atom. The predicted octanol–water partition coefficient (Wildman–Crippen LogP) is 2.85. The minimum atomic E-state index is -0.269. The molecular weight excluding hydrogens is 179 g/mol. The van der Waals surface area contributed by atoms with E-state index in [1.165, 1.54) is 6.07 Å². The smallest absolute Gasteiger partial charge is 0.146 e. The lowest BCUT2D eigenvalue weighted by Crippen LogP contribution is -2.15. The summed E-state index contributed by atoms with van der Waals surface area (Å²) in [6.07, 6.45) is 0.369. The van der Waals surface area contributed by atoms with Gasteiger partial charge in [-0.25, -0.2) is 4.39 Å². The Labute approximate surface area is 83.4 Å². The van der Waals surface area contributed by atoms with Gasteiger partial charge in [0.25, 0.3) is 0 Å². The highest BCUT2D eigenvalue weighted by molar-refractivity contribution is 5.52. The second kappa shape index (κ2) is 4.61. The average molecular weight is 192 g/mol. The lowest BCUT2D eigenvalue weighted by molar-refractivity contribution is 0.625. The molecule has 14 heavy (non-hydrogen) atoms. The summed E-state index contributed by atoms with van der Waals surface area (Å²) in [6, 6.07) is 6.93. The third kappa shape index (κ3) is 2.46. The number of anilines is 1. The monoisotopic (exact) mass is 192 g/mol. The molecule has 0 saturated carbocycles. The minimum absolute atomic E-state index is 0.0319. The standard InChI is InChI=1S/C11H13FN2/c1-8-4-3-5-10(12)11(8)14-9(2)6-7-13/h3-5,9,14H,6H2,1-2H3. The fourth-order valence-corrected chi connectivity index (χ4v) is 1.25. The number of hydrogen-bond acceptors (Lipinski definition) is 2. The van der Waals surface area contributed by atoms with Gasteiger partial charge < -0.3 is 5.32 Å². The summed E-state index contributed by atoms with van der Waals surface area (Å²) >= 11 is 0. The second-order valence-corrected chi connectivity index (χ2v) is 3.34. The summed E-state index contributed by atoms with van der Waals surface area (Å²) in [5, 5.41) is 11.5. The van der Waals surface area contributed by atoms with Gasteiger partial charge in [-0.2, -0.15) is 5.26 Å². The lowest BCUT2D eigenvalue weighted by Gasteiger charge is -2.14. The molecule has 0 saturated heterocycles. The maximum absolute atomic E-state index is 13.3. The lowest BCUT2D eigenvalue weighted by atomic mass is 10.1. The Bertz CT molecular complexity index is 335. The molecule has 0 aliphatic carbocycles. The Morgan fingerprint density at radius 1 is 1.57 bits per heavy atom. The normalized spacial score (nSPS) is 11.9. The van der Waals surface area contributed by atoms with Gasteiger partial charge in [0.05, 0.1) is 18.2 Å². The van der Waals surface area contributed by atoms with E-state index >= 15 is 0 Å². The molecule has 1 N–H and O–H groups in total. The summed E-state index contributed by atoms with van der Waals surface area (Å²) in [4.78, 5) is 0. The number of nitrogens with one attached hydrogen (secondary N) is 1. The Balaban J connectivity index is 2.81. The van der Waals surface area contributed by atoms with Crippen molar-refractivity contribution in [2.24, 2.45) is 0 Å². The van der Waals surface area contributed by atoms with Crippen LogP contribution < -0.4 is 5.32 Å². The van der Waals surface area contributed by atoms with E-state index in [1.807, 2.05) is 26.0 Å². The van der Waals surface area contributed by atoms with Gasteiger partial charge in [-0.05, 0) is 25.5 Å². The zero-order chi connectivity index (χ0) is 10.6. The van der Waals surface area contributed by atoms with Crippen LogP contribution in [0.3, 0.4) is 0 Å². The van der Waals surface area contributed by atoms with E-state index in [-0.39, 0.29) is 11.9 Å². The van der Waals surface area contributed by atoms with E-state index in [0.29, 0.717) is 12.1 Å². The van der Waals surface area contributed by atoms with E-state index in [0.717, 1.165) is 5.56 Å². The SMILES string of the molecule is Cc1cccc(F)c1NC(C)CC#N. The van der Waals surface area contributed by atoms with Crippen molar-refractivity contribution in [3.63, 3.8) is 0 Å². The van der Waals surface area contributed by atoms with Gasteiger partial charge in [0.1, 0.15) is 5.82 Å². The number of nitrogens with zero attached hydrogens (tertiary/aromatic N) is 1. The van der Waals surface area contributed by atoms with Crippen LogP contribution in [0.4, 0.5) is 10.1 Å². The van der Waals surface area contributed by atoms with Gasteiger partial charge in [-0.15, -0.1) is 0 Å². The molecule has 0 bridgehead atoms. The summed E-state index contributed by atoms with van der Waals surface area (Å²) in [5.74, 6) is -0.269. The molecule has 0 amide bonds. The first-order valence-electron chi connectivity index (χ1n) is 4.53. The number of hydrogen-bond donors (Lipinski definition) is 1. The first-order valence-corrected chi connectivity index (χ1v) is 4.53. The average Bonchev–Trinajstić information content (AvgIpc) is 2.12. The predicted molar refractivity (Wildman–Crippen MR) is 54.5 cm³/mol. The Morgan fingerprint density at radius 2 is 2.29 bits per heavy atom. The van der Waals surface area contributed by atoms with Gasteiger partial charge in [0.2, 0.25) is 0 Å². The fourth-order valence-electron chi connectivity index (χ4n) is 1.25. The van der Waals surface area contributed by atoms with Crippen LogP contribution in [0, 0.1) is 24.1 Å². The van der Waals surface area contributed by atoms with E-state index in [2.05, 4.69) is 5.32 Å².